The molecular weight excluding hydrogens is 228 g/mol. The second-order valence-electron chi connectivity index (χ2n) is 3.16. The van der Waals surface area contributed by atoms with Gasteiger partial charge in [-0.05, 0) is 12.8 Å². The molecule has 5 nitrogen and oxygen atoms in total. The average molecular weight is 242 g/mol. The summed E-state index contributed by atoms with van der Waals surface area (Å²) in [4.78, 5) is 26.1. The molecule has 0 unspecified atom stereocenters. The molecule has 0 aliphatic carbocycles. The molecule has 0 saturated heterocycles. The maximum Gasteiger partial charge on any atom is 0.305 e. The highest BCUT2D eigenvalue weighted by atomic mass is 32.1. The van der Waals surface area contributed by atoms with Crippen molar-refractivity contribution in [3.8, 4) is 0 Å². The number of thiazole rings is 1. The van der Waals surface area contributed by atoms with Gasteiger partial charge in [-0.3, -0.25) is 9.59 Å². The van der Waals surface area contributed by atoms with E-state index in [0.717, 1.165) is 6.42 Å². The fourth-order valence-corrected chi connectivity index (χ4v) is 1.65. The fraction of sp³-hybridized carbons (Fsp3) is 0.500. The molecule has 0 aromatic carbocycles. The van der Waals surface area contributed by atoms with Crippen LogP contribution in [0.4, 0.5) is 0 Å². The van der Waals surface area contributed by atoms with Gasteiger partial charge >= 0.3 is 5.97 Å². The lowest BCUT2D eigenvalue weighted by atomic mass is 10.2. The molecule has 1 aromatic heterocycles. The maximum atomic E-state index is 11.4. The summed E-state index contributed by atoms with van der Waals surface area (Å²) >= 11 is 1.39. The monoisotopic (exact) mass is 242 g/mol. The van der Waals surface area contributed by atoms with Gasteiger partial charge in [0.05, 0.1) is 12.6 Å². The number of aromatic nitrogens is 1. The molecule has 0 aliphatic rings. The van der Waals surface area contributed by atoms with Gasteiger partial charge in [-0.15, -0.1) is 11.3 Å². The van der Waals surface area contributed by atoms with Crippen LogP contribution >= 0.6 is 11.3 Å². The van der Waals surface area contributed by atoms with Crippen LogP contribution in [0.1, 0.15) is 29.8 Å². The molecule has 16 heavy (non-hydrogen) atoms. The number of hydrogen-bond acceptors (Lipinski definition) is 5. The Hall–Kier alpha value is -1.43. The van der Waals surface area contributed by atoms with Gasteiger partial charge in [0.1, 0.15) is 5.69 Å². The average Bonchev–Trinajstić information content (AvgIpc) is 2.81. The van der Waals surface area contributed by atoms with Crippen LogP contribution in [0.2, 0.25) is 0 Å². The highest BCUT2D eigenvalue weighted by molar-refractivity contribution is 7.07. The highest BCUT2D eigenvalue weighted by Crippen LogP contribution is 2.01. The quantitative estimate of drug-likeness (QED) is 0.601. The lowest BCUT2D eigenvalue weighted by Gasteiger charge is -2.02. The van der Waals surface area contributed by atoms with Crippen molar-refractivity contribution in [2.24, 2.45) is 0 Å². The Morgan fingerprint density at radius 2 is 2.31 bits per heavy atom. The predicted molar refractivity (Wildman–Crippen MR) is 60.3 cm³/mol. The number of carbonyl (C=O) groups excluding carboxylic acids is 2. The summed E-state index contributed by atoms with van der Waals surface area (Å²) < 4.78 is 4.50. The molecule has 1 N–H and O–H groups in total. The first-order chi connectivity index (χ1) is 7.74. The lowest BCUT2D eigenvalue weighted by molar-refractivity contribution is -0.140. The smallest absolute Gasteiger partial charge is 0.305 e. The number of esters is 1. The predicted octanol–water partition coefficient (Wildman–Crippen LogP) is 1.22. The van der Waals surface area contributed by atoms with E-state index in [9.17, 15) is 9.59 Å². The summed E-state index contributed by atoms with van der Waals surface area (Å²) in [7, 11) is 1.37. The van der Waals surface area contributed by atoms with Gasteiger partial charge in [0.2, 0.25) is 0 Å². The molecule has 0 fully saturated rings. The largest absolute Gasteiger partial charge is 0.469 e. The van der Waals surface area contributed by atoms with Gasteiger partial charge < -0.3 is 10.1 Å². The number of carbonyl (C=O) groups is 2. The van der Waals surface area contributed by atoms with Crippen molar-refractivity contribution in [1.82, 2.24) is 10.3 Å². The van der Waals surface area contributed by atoms with Crippen molar-refractivity contribution in [1.29, 1.82) is 0 Å². The van der Waals surface area contributed by atoms with E-state index in [4.69, 9.17) is 0 Å². The molecule has 1 rings (SSSR count). The third kappa shape index (κ3) is 4.39. The van der Waals surface area contributed by atoms with Crippen LogP contribution in [0.15, 0.2) is 10.9 Å². The summed E-state index contributed by atoms with van der Waals surface area (Å²) in [6, 6.07) is 0. The normalized spacial score (nSPS) is 9.81. The fourth-order valence-electron chi connectivity index (χ4n) is 1.11. The van der Waals surface area contributed by atoms with Crippen LogP contribution in [0.25, 0.3) is 0 Å². The molecule has 1 aromatic rings. The van der Waals surface area contributed by atoms with Crippen LogP contribution in [-0.4, -0.2) is 30.5 Å². The number of amides is 1. The summed E-state index contributed by atoms with van der Waals surface area (Å²) in [6.45, 7) is 0.549. The zero-order valence-corrected chi connectivity index (χ0v) is 9.88. The first-order valence-corrected chi connectivity index (χ1v) is 5.91. The van der Waals surface area contributed by atoms with Crippen LogP contribution in [0.5, 0.6) is 0 Å². The Morgan fingerprint density at radius 1 is 1.50 bits per heavy atom. The van der Waals surface area contributed by atoms with E-state index in [0.29, 0.717) is 25.1 Å². The topological polar surface area (TPSA) is 68.3 Å². The van der Waals surface area contributed by atoms with Gasteiger partial charge in [0.25, 0.3) is 5.91 Å². The molecule has 0 atom stereocenters. The summed E-state index contributed by atoms with van der Waals surface area (Å²) in [5.41, 5.74) is 2.06. The molecule has 0 aliphatic heterocycles. The number of nitrogens with one attached hydrogen (secondary N) is 1. The number of methoxy groups -OCH3 is 1. The minimum atomic E-state index is -0.217. The minimum Gasteiger partial charge on any atom is -0.469 e. The molecule has 1 amide bonds. The second-order valence-corrected chi connectivity index (χ2v) is 3.88. The van der Waals surface area contributed by atoms with Gasteiger partial charge in [0, 0.05) is 18.3 Å². The van der Waals surface area contributed by atoms with Crippen LogP contribution in [0, 0.1) is 0 Å². The van der Waals surface area contributed by atoms with Gasteiger partial charge in [-0.25, -0.2) is 4.98 Å². The Labute approximate surface area is 97.8 Å². The minimum absolute atomic E-state index is 0.167. The van der Waals surface area contributed by atoms with Crippen molar-refractivity contribution < 1.29 is 14.3 Å². The number of nitrogens with zero attached hydrogens (tertiary/aromatic N) is 1. The summed E-state index contributed by atoms with van der Waals surface area (Å²) in [6.07, 6.45) is 1.86. The molecule has 1 heterocycles. The van der Waals surface area contributed by atoms with Crippen molar-refractivity contribution in [3.63, 3.8) is 0 Å². The SMILES string of the molecule is COC(=O)CCCCNC(=O)c1cscn1. The Morgan fingerprint density at radius 3 is 2.94 bits per heavy atom. The molecule has 0 bridgehead atoms. The van der Waals surface area contributed by atoms with Crippen LogP contribution in [-0.2, 0) is 9.53 Å². The first kappa shape index (κ1) is 12.6. The van der Waals surface area contributed by atoms with E-state index in [-0.39, 0.29) is 11.9 Å². The van der Waals surface area contributed by atoms with Crippen molar-refractivity contribution in [3.05, 3.63) is 16.6 Å². The molecule has 0 radical (unpaired) electrons. The number of unbranched alkanes of at least 4 members (excludes halogenated alkanes) is 1. The van der Waals surface area contributed by atoms with Crippen molar-refractivity contribution in [2.45, 2.75) is 19.3 Å². The molecular formula is C10H14N2O3S. The van der Waals surface area contributed by atoms with Crippen LogP contribution in [0.3, 0.4) is 0 Å². The standard InChI is InChI=1S/C10H14N2O3S/c1-15-9(13)4-2-3-5-11-10(14)8-6-16-7-12-8/h6-7H,2-5H2,1H3,(H,11,14). The number of rotatable bonds is 6. The third-order valence-electron chi connectivity index (χ3n) is 1.99. The Kier molecular flexibility index (Phi) is 5.49. The summed E-state index contributed by atoms with van der Waals surface area (Å²) in [5.74, 6) is -0.384. The highest BCUT2D eigenvalue weighted by Gasteiger charge is 2.06. The lowest BCUT2D eigenvalue weighted by Crippen LogP contribution is -2.24. The van der Waals surface area contributed by atoms with Crippen molar-refractivity contribution >= 4 is 23.2 Å². The van der Waals surface area contributed by atoms with Gasteiger partial charge in [0.15, 0.2) is 0 Å². The number of hydrogen-bond donors (Lipinski definition) is 1. The van der Waals surface area contributed by atoms with E-state index in [1.807, 2.05) is 0 Å². The molecule has 6 heteroatoms. The Balaban J connectivity index is 2.08. The molecule has 0 saturated carbocycles. The van der Waals surface area contributed by atoms with E-state index in [2.05, 4.69) is 15.0 Å². The first-order valence-electron chi connectivity index (χ1n) is 4.97. The second kappa shape index (κ2) is 6.95. The van der Waals surface area contributed by atoms with E-state index < -0.39 is 0 Å². The molecule has 88 valence electrons. The zero-order chi connectivity index (χ0) is 11.8. The van der Waals surface area contributed by atoms with E-state index in [1.165, 1.54) is 18.4 Å². The zero-order valence-electron chi connectivity index (χ0n) is 9.06. The molecule has 0 spiro atoms. The van der Waals surface area contributed by atoms with E-state index in [1.54, 1.807) is 10.9 Å². The summed E-state index contributed by atoms with van der Waals surface area (Å²) in [5, 5.41) is 4.43. The van der Waals surface area contributed by atoms with E-state index >= 15 is 0 Å². The Bertz CT molecular complexity index is 338. The maximum absolute atomic E-state index is 11.4. The number of ether oxygens (including phenoxy) is 1. The third-order valence-corrected chi connectivity index (χ3v) is 2.57. The van der Waals surface area contributed by atoms with Crippen molar-refractivity contribution in [2.75, 3.05) is 13.7 Å². The van der Waals surface area contributed by atoms with Crippen LogP contribution < -0.4 is 5.32 Å². The van der Waals surface area contributed by atoms with Gasteiger partial charge in [-0.2, -0.15) is 0 Å². The van der Waals surface area contributed by atoms with Gasteiger partial charge in [-0.1, -0.05) is 0 Å².